The van der Waals surface area contributed by atoms with Crippen LogP contribution in [0.1, 0.15) is 18.2 Å². The average Bonchev–Trinajstić information content (AvgIpc) is 2.28. The molecular formula is C11H9F8NS. The van der Waals surface area contributed by atoms with E-state index in [-0.39, 0.29) is 16.8 Å². The minimum atomic E-state index is -5.79. The van der Waals surface area contributed by atoms with Gasteiger partial charge in [-0.3, -0.25) is 4.98 Å². The van der Waals surface area contributed by atoms with Crippen molar-refractivity contribution in [1.29, 1.82) is 0 Å². The van der Waals surface area contributed by atoms with Gasteiger partial charge in [-0.2, -0.15) is 35.1 Å². The van der Waals surface area contributed by atoms with Crippen LogP contribution in [0, 0.1) is 0 Å². The number of thioether (sulfide) groups is 1. The van der Waals surface area contributed by atoms with Crippen molar-refractivity contribution < 1.29 is 35.1 Å². The zero-order valence-electron chi connectivity index (χ0n) is 10.4. The molecule has 0 saturated carbocycles. The SMILES string of the molecule is CCSc1cc(C(F)(F)F)cnc1CC(F)(F)C(F)(F)F. The zero-order valence-corrected chi connectivity index (χ0v) is 11.3. The van der Waals surface area contributed by atoms with E-state index in [1.165, 1.54) is 6.92 Å². The summed E-state index contributed by atoms with van der Waals surface area (Å²) in [6.07, 6.45) is -12.1. The highest BCUT2D eigenvalue weighted by atomic mass is 32.2. The Kier molecular flexibility index (Phi) is 5.12. The zero-order chi connectivity index (χ0) is 16.5. The molecule has 1 aromatic rings. The molecular weight excluding hydrogens is 330 g/mol. The minimum Gasteiger partial charge on any atom is -0.259 e. The first-order valence-electron chi connectivity index (χ1n) is 5.52. The normalized spacial score (nSPS) is 13.6. The van der Waals surface area contributed by atoms with Crippen molar-refractivity contribution in [2.24, 2.45) is 0 Å². The number of hydrogen-bond acceptors (Lipinski definition) is 2. The van der Waals surface area contributed by atoms with E-state index in [0.29, 0.717) is 6.07 Å². The maximum Gasteiger partial charge on any atom is 0.453 e. The van der Waals surface area contributed by atoms with Gasteiger partial charge in [0.2, 0.25) is 0 Å². The van der Waals surface area contributed by atoms with Crippen molar-refractivity contribution in [2.45, 2.75) is 36.5 Å². The molecule has 0 radical (unpaired) electrons. The lowest BCUT2D eigenvalue weighted by Crippen LogP contribution is -2.38. The largest absolute Gasteiger partial charge is 0.453 e. The first-order valence-corrected chi connectivity index (χ1v) is 6.50. The van der Waals surface area contributed by atoms with Crippen LogP contribution in [0.15, 0.2) is 17.2 Å². The van der Waals surface area contributed by atoms with Crippen LogP contribution in [0.2, 0.25) is 0 Å². The maximum atomic E-state index is 13.0. The number of alkyl halides is 8. The summed E-state index contributed by atoms with van der Waals surface area (Å²) in [4.78, 5) is 2.80. The van der Waals surface area contributed by atoms with Crippen molar-refractivity contribution in [3.8, 4) is 0 Å². The van der Waals surface area contributed by atoms with E-state index in [4.69, 9.17) is 0 Å². The van der Waals surface area contributed by atoms with Gasteiger partial charge in [-0.05, 0) is 11.8 Å². The topological polar surface area (TPSA) is 12.9 Å². The smallest absolute Gasteiger partial charge is 0.259 e. The second kappa shape index (κ2) is 5.98. The van der Waals surface area contributed by atoms with Crippen LogP contribution in [0.5, 0.6) is 0 Å². The summed E-state index contributed by atoms with van der Waals surface area (Å²) < 4.78 is 99.8. The summed E-state index contributed by atoms with van der Waals surface area (Å²) in [5.74, 6) is -4.85. The third-order valence-electron chi connectivity index (χ3n) is 2.36. The molecule has 120 valence electrons. The molecule has 0 amide bonds. The van der Waals surface area contributed by atoms with Crippen LogP contribution in [0.4, 0.5) is 35.1 Å². The molecule has 1 heterocycles. The predicted molar refractivity (Wildman–Crippen MR) is 60.3 cm³/mol. The predicted octanol–water partition coefficient (Wildman–Crippen LogP) is 4.95. The van der Waals surface area contributed by atoms with Crippen molar-refractivity contribution in [3.63, 3.8) is 0 Å². The van der Waals surface area contributed by atoms with Crippen LogP contribution in [-0.2, 0) is 12.6 Å². The Morgan fingerprint density at radius 2 is 1.62 bits per heavy atom. The van der Waals surface area contributed by atoms with Gasteiger partial charge in [0, 0.05) is 11.1 Å². The lowest BCUT2D eigenvalue weighted by Gasteiger charge is -2.20. The second-order valence-corrected chi connectivity index (χ2v) is 5.28. The van der Waals surface area contributed by atoms with Crippen molar-refractivity contribution >= 4 is 11.8 Å². The Morgan fingerprint density at radius 1 is 1.05 bits per heavy atom. The number of rotatable bonds is 4. The van der Waals surface area contributed by atoms with Crippen LogP contribution in [0.25, 0.3) is 0 Å². The van der Waals surface area contributed by atoms with Gasteiger partial charge in [0.25, 0.3) is 0 Å². The molecule has 0 fully saturated rings. The molecule has 0 bridgehead atoms. The van der Waals surface area contributed by atoms with E-state index in [2.05, 4.69) is 4.98 Å². The highest BCUT2D eigenvalue weighted by Gasteiger charge is 2.57. The third-order valence-corrected chi connectivity index (χ3v) is 3.32. The molecule has 10 heteroatoms. The fourth-order valence-corrected chi connectivity index (χ4v) is 2.16. The molecule has 0 unspecified atom stereocenters. The van der Waals surface area contributed by atoms with Crippen LogP contribution >= 0.6 is 11.8 Å². The molecule has 1 rings (SSSR count). The van der Waals surface area contributed by atoms with E-state index in [0.717, 1.165) is 11.8 Å². The fourth-order valence-electron chi connectivity index (χ4n) is 1.35. The molecule has 1 aromatic heterocycles. The van der Waals surface area contributed by atoms with E-state index < -0.39 is 36.0 Å². The van der Waals surface area contributed by atoms with Crippen LogP contribution < -0.4 is 0 Å². The van der Waals surface area contributed by atoms with Gasteiger partial charge in [-0.1, -0.05) is 6.92 Å². The standard InChI is InChI=1S/C11H9F8NS/c1-2-21-8-3-6(10(14,15)16)5-20-7(8)4-9(12,13)11(17,18)19/h3,5H,2,4H2,1H3. The van der Waals surface area contributed by atoms with Gasteiger partial charge < -0.3 is 0 Å². The molecule has 21 heavy (non-hydrogen) atoms. The Balaban J connectivity index is 3.19. The summed E-state index contributed by atoms with van der Waals surface area (Å²) in [6, 6.07) is 0.531. The quantitative estimate of drug-likeness (QED) is 0.568. The molecule has 0 aliphatic heterocycles. The summed E-state index contributed by atoms with van der Waals surface area (Å²) in [5.41, 5.74) is -1.91. The van der Waals surface area contributed by atoms with E-state index >= 15 is 0 Å². The van der Waals surface area contributed by atoms with Gasteiger partial charge in [-0.25, -0.2) is 0 Å². The lowest BCUT2D eigenvalue weighted by atomic mass is 10.1. The van der Waals surface area contributed by atoms with Crippen molar-refractivity contribution in [3.05, 3.63) is 23.5 Å². The van der Waals surface area contributed by atoms with Crippen molar-refractivity contribution in [1.82, 2.24) is 4.98 Å². The molecule has 1 nitrogen and oxygen atoms in total. The summed E-state index contributed by atoms with van der Waals surface area (Å²) in [5, 5.41) is 0. The molecule has 0 aliphatic carbocycles. The van der Waals surface area contributed by atoms with E-state index in [9.17, 15) is 35.1 Å². The number of halogens is 8. The monoisotopic (exact) mass is 339 g/mol. The maximum absolute atomic E-state index is 13.0. The third kappa shape index (κ3) is 4.45. The number of aromatic nitrogens is 1. The highest BCUT2D eigenvalue weighted by molar-refractivity contribution is 7.99. The molecule has 0 aromatic carbocycles. The Bertz CT molecular complexity index is 494. The van der Waals surface area contributed by atoms with E-state index in [1.807, 2.05) is 0 Å². The Labute approximate surface area is 118 Å². The van der Waals surface area contributed by atoms with E-state index in [1.54, 1.807) is 0 Å². The van der Waals surface area contributed by atoms with Gasteiger partial charge >= 0.3 is 18.3 Å². The Morgan fingerprint density at radius 3 is 2.05 bits per heavy atom. The van der Waals surface area contributed by atoms with Gasteiger partial charge in [0.15, 0.2) is 0 Å². The Hall–Kier alpha value is -1.06. The molecule has 0 aliphatic rings. The first kappa shape index (κ1) is 18.0. The number of pyridine rings is 1. The van der Waals surface area contributed by atoms with Gasteiger partial charge in [0.1, 0.15) is 0 Å². The number of nitrogens with zero attached hydrogens (tertiary/aromatic N) is 1. The fraction of sp³-hybridized carbons (Fsp3) is 0.545. The highest BCUT2D eigenvalue weighted by Crippen LogP contribution is 2.40. The van der Waals surface area contributed by atoms with Crippen LogP contribution in [-0.4, -0.2) is 22.8 Å². The van der Waals surface area contributed by atoms with Crippen LogP contribution in [0.3, 0.4) is 0 Å². The summed E-state index contributed by atoms with van der Waals surface area (Å²) in [6.45, 7) is 1.52. The molecule has 0 atom stereocenters. The number of hydrogen-bond donors (Lipinski definition) is 0. The average molecular weight is 339 g/mol. The lowest BCUT2D eigenvalue weighted by molar-refractivity contribution is -0.281. The summed E-state index contributed by atoms with van der Waals surface area (Å²) in [7, 11) is 0. The minimum absolute atomic E-state index is 0.202. The van der Waals surface area contributed by atoms with Gasteiger partial charge in [0.05, 0.1) is 17.7 Å². The second-order valence-electron chi connectivity index (χ2n) is 3.98. The van der Waals surface area contributed by atoms with Gasteiger partial charge in [-0.15, -0.1) is 11.8 Å². The molecule has 0 N–H and O–H groups in total. The first-order chi connectivity index (χ1) is 9.38. The molecule has 0 spiro atoms. The molecule has 0 saturated heterocycles. The summed E-state index contributed by atoms with van der Waals surface area (Å²) >= 11 is 0.720. The van der Waals surface area contributed by atoms with Crippen molar-refractivity contribution in [2.75, 3.05) is 5.75 Å².